The van der Waals surface area contributed by atoms with Gasteiger partial charge >= 0.3 is 5.97 Å². The summed E-state index contributed by atoms with van der Waals surface area (Å²) in [7, 11) is 0. The minimum atomic E-state index is -0.196. The normalized spacial score (nSPS) is 41.4. The first-order chi connectivity index (χ1) is 14.8. The lowest BCUT2D eigenvalue weighted by Crippen LogP contribution is -2.51. The Morgan fingerprint density at radius 3 is 2.48 bits per heavy atom. The summed E-state index contributed by atoms with van der Waals surface area (Å²) < 4.78 is 5.92. The standard InChI is InChI=1S/C28H36O3/c1-18(29)23-11-12-24-22-10-9-20-17-21(31-26(30)19-7-5-4-6-8-19)13-15-27(20,2)25(22)14-16-28(23,24)3/h4-9,21-25H,10-17H2,1-3H3. The molecule has 4 aliphatic rings. The van der Waals surface area contributed by atoms with Gasteiger partial charge in [0.1, 0.15) is 11.9 Å². The van der Waals surface area contributed by atoms with E-state index in [-0.39, 0.29) is 28.8 Å². The van der Waals surface area contributed by atoms with Gasteiger partial charge in [-0.25, -0.2) is 4.79 Å². The van der Waals surface area contributed by atoms with Crippen LogP contribution >= 0.6 is 0 Å². The predicted molar refractivity (Wildman–Crippen MR) is 122 cm³/mol. The lowest BCUT2D eigenvalue weighted by molar-refractivity contribution is -0.127. The number of ketones is 1. The average molecular weight is 421 g/mol. The minimum absolute atomic E-state index is 0.00832. The van der Waals surface area contributed by atoms with Crippen LogP contribution in [0.25, 0.3) is 0 Å². The molecule has 7 unspecified atom stereocenters. The molecule has 0 amide bonds. The Balaban J connectivity index is 1.32. The molecule has 3 saturated carbocycles. The van der Waals surface area contributed by atoms with Crippen molar-refractivity contribution in [3.05, 3.63) is 47.5 Å². The number of benzene rings is 1. The Labute approximate surface area is 186 Å². The highest BCUT2D eigenvalue weighted by molar-refractivity contribution is 5.89. The molecule has 0 heterocycles. The van der Waals surface area contributed by atoms with Gasteiger partial charge in [-0.05, 0) is 92.6 Å². The molecule has 4 aliphatic carbocycles. The van der Waals surface area contributed by atoms with Gasteiger partial charge in [-0.3, -0.25) is 4.79 Å². The average Bonchev–Trinajstić information content (AvgIpc) is 3.12. The molecule has 5 rings (SSSR count). The maximum Gasteiger partial charge on any atom is 0.338 e. The highest BCUT2D eigenvalue weighted by Gasteiger charge is 2.59. The fraction of sp³-hybridized carbons (Fsp3) is 0.643. The van der Waals surface area contributed by atoms with Gasteiger partial charge in [0.15, 0.2) is 0 Å². The summed E-state index contributed by atoms with van der Waals surface area (Å²) in [6.45, 7) is 6.70. The van der Waals surface area contributed by atoms with Gasteiger partial charge in [-0.2, -0.15) is 0 Å². The van der Waals surface area contributed by atoms with Crippen molar-refractivity contribution in [2.75, 3.05) is 0 Å². The zero-order chi connectivity index (χ0) is 21.8. The van der Waals surface area contributed by atoms with E-state index >= 15 is 0 Å². The molecule has 0 aromatic heterocycles. The van der Waals surface area contributed by atoms with E-state index in [1.54, 1.807) is 0 Å². The number of rotatable bonds is 3. The molecule has 31 heavy (non-hydrogen) atoms. The van der Waals surface area contributed by atoms with Gasteiger partial charge in [0.2, 0.25) is 0 Å². The van der Waals surface area contributed by atoms with Crippen molar-refractivity contribution < 1.29 is 14.3 Å². The van der Waals surface area contributed by atoms with Crippen molar-refractivity contribution in [2.45, 2.75) is 78.2 Å². The third kappa shape index (κ3) is 3.31. The Morgan fingerprint density at radius 2 is 1.74 bits per heavy atom. The number of ether oxygens (including phenoxy) is 1. The number of carbonyl (C=O) groups is 2. The first kappa shape index (κ1) is 21.0. The van der Waals surface area contributed by atoms with Crippen molar-refractivity contribution in [1.29, 1.82) is 0 Å². The van der Waals surface area contributed by atoms with Gasteiger partial charge < -0.3 is 4.74 Å². The highest BCUT2D eigenvalue weighted by atomic mass is 16.5. The van der Waals surface area contributed by atoms with E-state index in [1.165, 1.54) is 24.8 Å². The molecule has 3 fully saturated rings. The van der Waals surface area contributed by atoms with Gasteiger partial charge in [0, 0.05) is 12.3 Å². The van der Waals surface area contributed by atoms with Gasteiger partial charge in [-0.15, -0.1) is 0 Å². The molecule has 166 valence electrons. The van der Waals surface area contributed by atoms with Crippen LogP contribution in [0.2, 0.25) is 0 Å². The Kier molecular flexibility index (Phi) is 5.14. The molecule has 3 nitrogen and oxygen atoms in total. The topological polar surface area (TPSA) is 43.4 Å². The van der Waals surface area contributed by atoms with Crippen molar-refractivity contribution >= 4 is 11.8 Å². The summed E-state index contributed by atoms with van der Waals surface area (Å²) in [5.74, 6) is 2.58. The fourth-order valence-corrected chi connectivity index (χ4v) is 8.19. The monoisotopic (exact) mass is 420 g/mol. The molecule has 7 atom stereocenters. The molecule has 0 radical (unpaired) electrons. The lowest BCUT2D eigenvalue weighted by atomic mass is 9.47. The van der Waals surface area contributed by atoms with Crippen molar-refractivity contribution in [3.8, 4) is 0 Å². The molecule has 0 saturated heterocycles. The van der Waals surface area contributed by atoms with E-state index in [9.17, 15) is 9.59 Å². The number of esters is 1. The number of allylic oxidation sites excluding steroid dienone is 1. The molecule has 0 bridgehead atoms. The second-order valence-corrected chi connectivity index (χ2v) is 11.2. The Bertz CT molecular complexity index is 902. The van der Waals surface area contributed by atoms with E-state index in [1.807, 2.05) is 37.3 Å². The van der Waals surface area contributed by atoms with Gasteiger partial charge in [-0.1, -0.05) is 43.7 Å². The summed E-state index contributed by atoms with van der Waals surface area (Å²) in [4.78, 5) is 24.9. The van der Waals surface area contributed by atoms with E-state index in [2.05, 4.69) is 19.9 Å². The number of carbonyl (C=O) groups excluding carboxylic acids is 2. The smallest absolute Gasteiger partial charge is 0.338 e. The SMILES string of the molecule is CC(=O)C1CCC2C3CC=C4CC(OC(=O)c5ccccc5)CCC4(C)C3CCC12C. The molecule has 1 aromatic rings. The van der Waals surface area contributed by atoms with Gasteiger partial charge in [0.05, 0.1) is 5.56 Å². The van der Waals surface area contributed by atoms with Crippen LogP contribution in [-0.2, 0) is 9.53 Å². The van der Waals surface area contributed by atoms with Crippen LogP contribution in [0.4, 0.5) is 0 Å². The Morgan fingerprint density at radius 1 is 0.968 bits per heavy atom. The zero-order valence-corrected chi connectivity index (χ0v) is 19.2. The maximum atomic E-state index is 12.6. The van der Waals surface area contributed by atoms with E-state index in [4.69, 9.17) is 4.74 Å². The number of Topliss-reactive ketones (excluding diaryl/α,β-unsaturated/α-hetero) is 1. The predicted octanol–water partition coefficient (Wildman–Crippen LogP) is 6.38. The molecule has 3 heteroatoms. The third-order valence-electron chi connectivity index (χ3n) is 9.83. The summed E-state index contributed by atoms with van der Waals surface area (Å²) in [5.41, 5.74) is 2.60. The Hall–Kier alpha value is -1.90. The summed E-state index contributed by atoms with van der Waals surface area (Å²) in [6.07, 6.45) is 11.3. The summed E-state index contributed by atoms with van der Waals surface area (Å²) >= 11 is 0. The molecule has 0 spiro atoms. The first-order valence-electron chi connectivity index (χ1n) is 12.3. The number of hydrogen-bond donors (Lipinski definition) is 0. The first-order valence-corrected chi connectivity index (χ1v) is 12.3. The second-order valence-electron chi connectivity index (χ2n) is 11.2. The van der Waals surface area contributed by atoms with E-state index < -0.39 is 0 Å². The third-order valence-corrected chi connectivity index (χ3v) is 9.83. The maximum absolute atomic E-state index is 12.6. The fourth-order valence-electron chi connectivity index (χ4n) is 8.19. The van der Waals surface area contributed by atoms with Crippen LogP contribution in [0.1, 0.15) is 82.5 Å². The molecule has 0 aliphatic heterocycles. The van der Waals surface area contributed by atoms with E-state index in [0.29, 0.717) is 29.1 Å². The van der Waals surface area contributed by atoms with Crippen LogP contribution in [0.15, 0.2) is 42.0 Å². The van der Waals surface area contributed by atoms with Crippen LogP contribution in [0.3, 0.4) is 0 Å². The van der Waals surface area contributed by atoms with Gasteiger partial charge in [0.25, 0.3) is 0 Å². The van der Waals surface area contributed by atoms with Crippen molar-refractivity contribution in [3.63, 3.8) is 0 Å². The van der Waals surface area contributed by atoms with Crippen LogP contribution in [0, 0.1) is 34.5 Å². The zero-order valence-electron chi connectivity index (χ0n) is 19.2. The summed E-state index contributed by atoms with van der Waals surface area (Å²) in [5, 5.41) is 0. The second kappa shape index (κ2) is 7.60. The van der Waals surface area contributed by atoms with Crippen LogP contribution in [-0.4, -0.2) is 17.9 Å². The summed E-state index contributed by atoms with van der Waals surface area (Å²) in [6, 6.07) is 9.34. The highest BCUT2D eigenvalue weighted by Crippen LogP contribution is 2.66. The largest absolute Gasteiger partial charge is 0.458 e. The quantitative estimate of drug-likeness (QED) is 0.421. The van der Waals surface area contributed by atoms with Crippen molar-refractivity contribution in [1.82, 2.24) is 0 Å². The molecule has 0 N–H and O–H groups in total. The lowest BCUT2D eigenvalue weighted by Gasteiger charge is -2.58. The van der Waals surface area contributed by atoms with Crippen LogP contribution in [0.5, 0.6) is 0 Å². The minimum Gasteiger partial charge on any atom is -0.458 e. The molecule has 1 aromatic carbocycles. The van der Waals surface area contributed by atoms with Crippen molar-refractivity contribution in [2.24, 2.45) is 34.5 Å². The van der Waals surface area contributed by atoms with Crippen LogP contribution < -0.4 is 0 Å². The molecular formula is C28H36O3. The van der Waals surface area contributed by atoms with E-state index in [0.717, 1.165) is 32.1 Å². The molecular weight excluding hydrogens is 384 g/mol. The number of fused-ring (bicyclic) bond motifs is 5. The number of hydrogen-bond acceptors (Lipinski definition) is 3.